The van der Waals surface area contributed by atoms with E-state index in [2.05, 4.69) is 0 Å². The van der Waals surface area contributed by atoms with E-state index in [0.717, 1.165) is 13.0 Å². The van der Waals surface area contributed by atoms with Crippen molar-refractivity contribution in [3.05, 3.63) is 64.2 Å². The summed E-state index contributed by atoms with van der Waals surface area (Å²) in [6, 6.07) is 11.1. The Balaban J connectivity index is 2.10. The number of methoxy groups -OCH3 is 1. The predicted octanol–water partition coefficient (Wildman–Crippen LogP) is 4.51. The van der Waals surface area contributed by atoms with Crippen molar-refractivity contribution in [2.45, 2.75) is 25.8 Å². The van der Waals surface area contributed by atoms with Crippen molar-refractivity contribution in [3.63, 3.8) is 0 Å². The van der Waals surface area contributed by atoms with Crippen LogP contribution in [-0.4, -0.2) is 67.5 Å². The standard InChI is InChI=1S/C26H31ClN2O5/c1-5-15-34-20-12-9-18(16-21(20)33-4)23-22(24(30)17-7-10-19(27)11-8-17)25(31)26(32)29(23)14-6-13-28(2)3/h7-12,16,23,30H,5-6,13-15H2,1-4H3/t23-/m0/s1. The lowest BCUT2D eigenvalue weighted by Crippen LogP contribution is -2.32. The van der Waals surface area contributed by atoms with Crippen LogP contribution in [0.15, 0.2) is 48.0 Å². The third-order valence-electron chi connectivity index (χ3n) is 5.63. The molecule has 182 valence electrons. The Labute approximate surface area is 205 Å². The summed E-state index contributed by atoms with van der Waals surface area (Å²) >= 11 is 5.99. The van der Waals surface area contributed by atoms with Crippen molar-refractivity contribution in [2.75, 3.05) is 40.9 Å². The molecule has 0 bridgehead atoms. The largest absolute Gasteiger partial charge is 0.507 e. The summed E-state index contributed by atoms with van der Waals surface area (Å²) in [5.74, 6) is -0.510. The van der Waals surface area contributed by atoms with Crippen molar-refractivity contribution in [1.82, 2.24) is 9.80 Å². The number of rotatable bonds is 10. The van der Waals surface area contributed by atoms with E-state index in [0.29, 0.717) is 47.2 Å². The summed E-state index contributed by atoms with van der Waals surface area (Å²) in [4.78, 5) is 29.7. The number of carbonyl (C=O) groups excluding carboxylic acids is 2. The van der Waals surface area contributed by atoms with Gasteiger partial charge in [-0.1, -0.05) is 24.6 Å². The number of Topliss-reactive ketones (excluding diaryl/α,β-unsaturated/α-hetero) is 1. The number of hydrogen-bond donors (Lipinski definition) is 1. The van der Waals surface area contributed by atoms with Gasteiger partial charge in [-0.25, -0.2) is 0 Å². The monoisotopic (exact) mass is 486 g/mol. The smallest absolute Gasteiger partial charge is 0.295 e. The molecule has 7 nitrogen and oxygen atoms in total. The highest BCUT2D eigenvalue weighted by Gasteiger charge is 2.46. The first-order valence-corrected chi connectivity index (χ1v) is 11.7. The number of amides is 1. The average Bonchev–Trinajstić information content (AvgIpc) is 3.07. The van der Waals surface area contributed by atoms with Gasteiger partial charge in [0, 0.05) is 17.1 Å². The molecule has 1 saturated heterocycles. The van der Waals surface area contributed by atoms with E-state index in [1.165, 1.54) is 4.90 Å². The maximum absolute atomic E-state index is 13.1. The Morgan fingerprint density at radius 3 is 2.44 bits per heavy atom. The Kier molecular flexibility index (Phi) is 8.58. The number of benzene rings is 2. The Bertz CT molecular complexity index is 1070. The highest BCUT2D eigenvalue weighted by atomic mass is 35.5. The van der Waals surface area contributed by atoms with E-state index in [-0.39, 0.29) is 11.3 Å². The van der Waals surface area contributed by atoms with Crippen LogP contribution in [0.4, 0.5) is 0 Å². The maximum Gasteiger partial charge on any atom is 0.295 e. The molecule has 0 unspecified atom stereocenters. The number of nitrogens with zero attached hydrogens (tertiary/aromatic N) is 2. The SMILES string of the molecule is CCCOc1ccc([C@H]2C(=C(O)c3ccc(Cl)cc3)C(=O)C(=O)N2CCCN(C)C)cc1OC. The van der Waals surface area contributed by atoms with Gasteiger partial charge >= 0.3 is 0 Å². The number of aliphatic hydroxyl groups is 1. The molecule has 34 heavy (non-hydrogen) atoms. The van der Waals surface area contributed by atoms with E-state index in [4.69, 9.17) is 21.1 Å². The lowest BCUT2D eigenvalue weighted by atomic mass is 9.95. The first kappa shape index (κ1) is 25.6. The molecular weight excluding hydrogens is 456 g/mol. The van der Waals surface area contributed by atoms with Gasteiger partial charge in [0.05, 0.1) is 25.3 Å². The Hall–Kier alpha value is -3.03. The zero-order valence-corrected chi connectivity index (χ0v) is 20.8. The quantitative estimate of drug-likeness (QED) is 0.302. The Morgan fingerprint density at radius 1 is 1.12 bits per heavy atom. The van der Waals surface area contributed by atoms with Crippen molar-refractivity contribution >= 4 is 29.1 Å². The number of hydrogen-bond acceptors (Lipinski definition) is 6. The number of ketones is 1. The number of likely N-dealkylation sites (tertiary alicyclic amines) is 1. The molecule has 1 aliphatic rings. The van der Waals surface area contributed by atoms with Gasteiger partial charge in [0.1, 0.15) is 5.76 Å². The third-order valence-corrected chi connectivity index (χ3v) is 5.88. The average molecular weight is 487 g/mol. The second-order valence-electron chi connectivity index (χ2n) is 8.41. The molecule has 0 saturated carbocycles. The molecule has 1 aliphatic heterocycles. The second-order valence-corrected chi connectivity index (χ2v) is 8.85. The molecule has 0 radical (unpaired) electrons. The molecule has 1 N–H and O–H groups in total. The van der Waals surface area contributed by atoms with Crippen molar-refractivity contribution in [2.24, 2.45) is 0 Å². The third kappa shape index (κ3) is 5.54. The zero-order chi connectivity index (χ0) is 24.8. The highest BCUT2D eigenvalue weighted by Crippen LogP contribution is 2.42. The molecule has 0 aromatic heterocycles. The summed E-state index contributed by atoms with van der Waals surface area (Å²) in [6.45, 7) is 3.66. The topological polar surface area (TPSA) is 79.3 Å². The molecule has 1 atom stereocenters. The van der Waals surface area contributed by atoms with E-state index < -0.39 is 17.7 Å². The van der Waals surface area contributed by atoms with Crippen LogP contribution in [0.2, 0.25) is 5.02 Å². The van der Waals surface area contributed by atoms with Crippen LogP contribution in [0.25, 0.3) is 5.76 Å². The van der Waals surface area contributed by atoms with Crippen molar-refractivity contribution in [1.29, 1.82) is 0 Å². The minimum atomic E-state index is -0.757. The van der Waals surface area contributed by atoms with Crippen LogP contribution in [0.5, 0.6) is 11.5 Å². The van der Waals surface area contributed by atoms with Crippen LogP contribution >= 0.6 is 11.6 Å². The van der Waals surface area contributed by atoms with Crippen molar-refractivity contribution < 1.29 is 24.2 Å². The molecule has 0 spiro atoms. The molecule has 8 heteroatoms. The lowest BCUT2D eigenvalue weighted by molar-refractivity contribution is -0.139. The van der Waals surface area contributed by atoms with E-state index in [1.54, 1.807) is 49.6 Å². The zero-order valence-electron chi connectivity index (χ0n) is 20.0. The molecule has 2 aromatic rings. The highest BCUT2D eigenvalue weighted by molar-refractivity contribution is 6.46. The fourth-order valence-corrected chi connectivity index (χ4v) is 4.09. The minimum absolute atomic E-state index is 0.0430. The van der Waals surface area contributed by atoms with Gasteiger partial charge < -0.3 is 24.4 Å². The number of aliphatic hydroxyl groups excluding tert-OH is 1. The summed E-state index contributed by atoms with van der Waals surface area (Å²) < 4.78 is 11.3. The van der Waals surface area contributed by atoms with Crippen LogP contribution in [0.3, 0.4) is 0 Å². The van der Waals surface area contributed by atoms with Gasteiger partial charge in [0.15, 0.2) is 11.5 Å². The summed E-state index contributed by atoms with van der Waals surface area (Å²) in [5.41, 5.74) is 1.11. The van der Waals surface area contributed by atoms with Gasteiger partial charge in [-0.15, -0.1) is 0 Å². The van der Waals surface area contributed by atoms with Crippen LogP contribution < -0.4 is 9.47 Å². The van der Waals surface area contributed by atoms with E-state index in [9.17, 15) is 14.7 Å². The van der Waals surface area contributed by atoms with E-state index >= 15 is 0 Å². The molecule has 2 aromatic carbocycles. The summed E-state index contributed by atoms with van der Waals surface area (Å²) in [7, 11) is 5.44. The number of ether oxygens (including phenoxy) is 2. The van der Waals surface area contributed by atoms with Gasteiger partial charge in [-0.2, -0.15) is 0 Å². The first-order chi connectivity index (χ1) is 16.3. The maximum atomic E-state index is 13.1. The number of halogens is 1. The van der Waals surface area contributed by atoms with Crippen LogP contribution in [-0.2, 0) is 9.59 Å². The summed E-state index contributed by atoms with van der Waals surface area (Å²) in [5, 5.41) is 11.6. The second kappa shape index (κ2) is 11.4. The van der Waals surface area contributed by atoms with E-state index in [1.807, 2.05) is 25.9 Å². The van der Waals surface area contributed by atoms with Crippen LogP contribution in [0.1, 0.15) is 36.9 Å². The Morgan fingerprint density at radius 2 is 1.82 bits per heavy atom. The summed E-state index contributed by atoms with van der Waals surface area (Å²) in [6.07, 6.45) is 1.52. The predicted molar refractivity (Wildman–Crippen MR) is 132 cm³/mol. The minimum Gasteiger partial charge on any atom is -0.507 e. The molecule has 1 fully saturated rings. The molecule has 0 aliphatic carbocycles. The van der Waals surface area contributed by atoms with Gasteiger partial charge in [0.2, 0.25) is 0 Å². The molecule has 3 rings (SSSR count). The first-order valence-electron chi connectivity index (χ1n) is 11.3. The fourth-order valence-electron chi connectivity index (χ4n) is 3.96. The molecule has 1 amide bonds. The van der Waals surface area contributed by atoms with Crippen molar-refractivity contribution in [3.8, 4) is 11.5 Å². The molecule has 1 heterocycles. The lowest BCUT2D eigenvalue weighted by Gasteiger charge is -2.26. The normalized spacial score (nSPS) is 17.5. The van der Waals surface area contributed by atoms with Gasteiger partial charge in [-0.3, -0.25) is 9.59 Å². The van der Waals surface area contributed by atoms with Gasteiger partial charge in [-0.05, 0) is 75.4 Å². The molecular formula is C26H31ClN2O5. The fraction of sp³-hybridized carbons (Fsp3) is 0.385. The van der Waals surface area contributed by atoms with Crippen LogP contribution in [0, 0.1) is 0 Å². The van der Waals surface area contributed by atoms with Gasteiger partial charge in [0.25, 0.3) is 11.7 Å². The number of carbonyl (C=O) groups is 2.